The third-order valence-corrected chi connectivity index (χ3v) is 4.67. The average molecular weight is 256 g/mol. The molecule has 0 aromatic carbocycles. The van der Waals surface area contributed by atoms with Crippen molar-refractivity contribution in [1.82, 2.24) is 19.9 Å². The number of nitrogens with zero attached hydrogens (tertiary/aromatic N) is 3. The monoisotopic (exact) mass is 256 g/mol. The summed E-state index contributed by atoms with van der Waals surface area (Å²) in [4.78, 5) is 9.10. The molecule has 2 fully saturated rings. The van der Waals surface area contributed by atoms with E-state index in [1.165, 1.54) is 30.6 Å². The highest BCUT2D eigenvalue weighted by Crippen LogP contribution is 2.41. The first-order valence-electron chi connectivity index (χ1n) is 7.32. The minimum absolute atomic E-state index is 0.446. The third kappa shape index (κ3) is 1.62. The van der Waals surface area contributed by atoms with Crippen LogP contribution >= 0.6 is 0 Å². The van der Waals surface area contributed by atoms with Gasteiger partial charge in [-0.3, -0.25) is 4.98 Å². The van der Waals surface area contributed by atoms with Crippen LogP contribution in [-0.4, -0.2) is 26.6 Å². The summed E-state index contributed by atoms with van der Waals surface area (Å²) in [6.45, 7) is 4.48. The van der Waals surface area contributed by atoms with Gasteiger partial charge in [0.2, 0.25) is 0 Å². The maximum Gasteiger partial charge on any atom is 0.114 e. The zero-order valence-electron chi connectivity index (χ0n) is 11.5. The van der Waals surface area contributed by atoms with Gasteiger partial charge in [-0.05, 0) is 39.2 Å². The molecule has 0 saturated carbocycles. The van der Waals surface area contributed by atoms with Gasteiger partial charge < -0.3 is 9.88 Å². The molecule has 4 heterocycles. The topological polar surface area (TPSA) is 42.7 Å². The summed E-state index contributed by atoms with van der Waals surface area (Å²) in [7, 11) is 0. The molecule has 19 heavy (non-hydrogen) atoms. The predicted octanol–water partition coefficient (Wildman–Crippen LogP) is 2.62. The molecule has 0 amide bonds. The normalized spacial score (nSPS) is 29.7. The number of rotatable bonds is 2. The minimum Gasteiger partial charge on any atom is -0.325 e. The van der Waals surface area contributed by atoms with Crippen LogP contribution in [-0.2, 0) is 0 Å². The quantitative estimate of drug-likeness (QED) is 0.898. The smallest absolute Gasteiger partial charge is 0.114 e. The second-order valence-electron chi connectivity index (χ2n) is 6.19. The lowest BCUT2D eigenvalue weighted by atomic mass is 9.88. The van der Waals surface area contributed by atoms with E-state index < -0.39 is 0 Å². The van der Waals surface area contributed by atoms with Crippen LogP contribution in [0.5, 0.6) is 0 Å². The molecule has 2 aliphatic heterocycles. The first-order valence-corrected chi connectivity index (χ1v) is 7.32. The lowest BCUT2D eigenvalue weighted by Gasteiger charge is -2.22. The van der Waals surface area contributed by atoms with Crippen molar-refractivity contribution in [2.24, 2.45) is 0 Å². The Hall–Kier alpha value is -1.42. The van der Waals surface area contributed by atoms with Gasteiger partial charge in [0.25, 0.3) is 0 Å². The fraction of sp³-hybridized carbons (Fsp3) is 0.600. The van der Waals surface area contributed by atoms with E-state index in [2.05, 4.69) is 34.8 Å². The average Bonchev–Trinajstić information content (AvgIpc) is 3.10. The van der Waals surface area contributed by atoms with Crippen LogP contribution in [0.25, 0.3) is 11.0 Å². The van der Waals surface area contributed by atoms with Crippen LogP contribution in [0.15, 0.2) is 18.5 Å². The summed E-state index contributed by atoms with van der Waals surface area (Å²) in [5, 5.41) is 3.72. The van der Waals surface area contributed by atoms with Gasteiger partial charge in [-0.15, -0.1) is 0 Å². The number of nitrogens with one attached hydrogen (secondary N) is 1. The van der Waals surface area contributed by atoms with E-state index in [4.69, 9.17) is 4.98 Å². The van der Waals surface area contributed by atoms with Crippen LogP contribution < -0.4 is 5.32 Å². The molecule has 4 nitrogen and oxygen atoms in total. The summed E-state index contributed by atoms with van der Waals surface area (Å²) in [5.74, 6) is 1.84. The minimum atomic E-state index is 0.446. The highest BCUT2D eigenvalue weighted by atomic mass is 15.1. The van der Waals surface area contributed by atoms with E-state index in [1.54, 1.807) is 0 Å². The van der Waals surface area contributed by atoms with Crippen LogP contribution in [0.2, 0.25) is 0 Å². The van der Waals surface area contributed by atoms with Crippen molar-refractivity contribution in [2.45, 2.75) is 57.2 Å². The molecule has 0 radical (unpaired) electrons. The van der Waals surface area contributed by atoms with E-state index in [0.717, 1.165) is 5.52 Å². The fourth-order valence-corrected chi connectivity index (χ4v) is 3.88. The van der Waals surface area contributed by atoms with Crippen LogP contribution in [0.4, 0.5) is 0 Å². The van der Waals surface area contributed by atoms with E-state index in [1.807, 2.05) is 12.4 Å². The Bertz CT molecular complexity index is 616. The molecule has 3 unspecified atom stereocenters. The second kappa shape index (κ2) is 4.04. The predicted molar refractivity (Wildman–Crippen MR) is 75.2 cm³/mol. The number of fused-ring (bicyclic) bond motifs is 3. The largest absolute Gasteiger partial charge is 0.325 e. The molecule has 2 bridgehead atoms. The van der Waals surface area contributed by atoms with Crippen molar-refractivity contribution in [2.75, 3.05) is 0 Å². The first kappa shape index (κ1) is 11.4. The second-order valence-corrected chi connectivity index (χ2v) is 6.19. The Morgan fingerprint density at radius 2 is 2.26 bits per heavy atom. The summed E-state index contributed by atoms with van der Waals surface area (Å²) in [5.41, 5.74) is 2.26. The molecule has 2 aliphatic rings. The van der Waals surface area contributed by atoms with Gasteiger partial charge in [0, 0.05) is 30.2 Å². The Morgan fingerprint density at radius 1 is 1.37 bits per heavy atom. The van der Waals surface area contributed by atoms with Crippen molar-refractivity contribution in [1.29, 1.82) is 0 Å². The Kier molecular flexibility index (Phi) is 2.42. The van der Waals surface area contributed by atoms with Gasteiger partial charge in [-0.25, -0.2) is 4.98 Å². The molecule has 2 saturated heterocycles. The number of imidazole rings is 1. The van der Waals surface area contributed by atoms with Gasteiger partial charge in [0.15, 0.2) is 0 Å². The molecular weight excluding hydrogens is 236 g/mol. The Balaban J connectivity index is 1.87. The lowest BCUT2D eigenvalue weighted by molar-refractivity contribution is 0.455. The van der Waals surface area contributed by atoms with E-state index in [0.29, 0.717) is 24.0 Å². The SMILES string of the molecule is CC(C)n1c(C2CC3CCC2N3)nc2cnccc21. The van der Waals surface area contributed by atoms with Crippen molar-refractivity contribution in [3.8, 4) is 0 Å². The summed E-state index contributed by atoms with van der Waals surface area (Å²) in [6.07, 6.45) is 7.64. The van der Waals surface area contributed by atoms with Gasteiger partial charge in [0.05, 0.1) is 11.7 Å². The van der Waals surface area contributed by atoms with Crippen molar-refractivity contribution in [3.63, 3.8) is 0 Å². The van der Waals surface area contributed by atoms with Crippen molar-refractivity contribution >= 4 is 11.0 Å². The number of aromatic nitrogens is 3. The fourth-order valence-electron chi connectivity index (χ4n) is 3.88. The van der Waals surface area contributed by atoms with Crippen molar-refractivity contribution in [3.05, 3.63) is 24.3 Å². The lowest BCUT2D eigenvalue weighted by Crippen LogP contribution is -2.24. The maximum atomic E-state index is 4.90. The molecule has 2 aromatic heterocycles. The highest BCUT2D eigenvalue weighted by Gasteiger charge is 2.42. The van der Waals surface area contributed by atoms with E-state index in [-0.39, 0.29) is 0 Å². The van der Waals surface area contributed by atoms with Gasteiger partial charge in [-0.1, -0.05) is 0 Å². The molecule has 1 N–H and O–H groups in total. The van der Waals surface area contributed by atoms with Gasteiger partial charge >= 0.3 is 0 Å². The molecule has 0 spiro atoms. The molecule has 2 aromatic rings. The molecule has 3 atom stereocenters. The van der Waals surface area contributed by atoms with Crippen LogP contribution in [0.3, 0.4) is 0 Å². The third-order valence-electron chi connectivity index (χ3n) is 4.67. The first-order chi connectivity index (χ1) is 9.24. The molecule has 100 valence electrons. The molecule has 4 rings (SSSR count). The standard InChI is InChI=1S/C15H20N4/c1-9(2)19-14-5-6-16-8-13(14)18-15(19)11-7-10-3-4-12(11)17-10/h5-6,8-12,17H,3-4,7H2,1-2H3. The van der Waals surface area contributed by atoms with E-state index >= 15 is 0 Å². The summed E-state index contributed by atoms with van der Waals surface area (Å²) < 4.78 is 2.41. The highest BCUT2D eigenvalue weighted by molar-refractivity contribution is 5.75. The van der Waals surface area contributed by atoms with Crippen LogP contribution in [0.1, 0.15) is 50.9 Å². The number of hydrogen-bond acceptors (Lipinski definition) is 3. The number of pyridine rings is 1. The van der Waals surface area contributed by atoms with Crippen molar-refractivity contribution < 1.29 is 0 Å². The zero-order chi connectivity index (χ0) is 13.0. The van der Waals surface area contributed by atoms with Gasteiger partial charge in [0.1, 0.15) is 11.3 Å². The Morgan fingerprint density at radius 3 is 2.95 bits per heavy atom. The molecule has 4 heteroatoms. The maximum absolute atomic E-state index is 4.90. The van der Waals surface area contributed by atoms with Gasteiger partial charge in [-0.2, -0.15) is 0 Å². The van der Waals surface area contributed by atoms with E-state index in [9.17, 15) is 0 Å². The molecular formula is C15H20N4. The van der Waals surface area contributed by atoms with Crippen LogP contribution in [0, 0.1) is 0 Å². The summed E-state index contributed by atoms with van der Waals surface area (Å²) >= 11 is 0. The zero-order valence-corrected chi connectivity index (χ0v) is 11.5. The number of hydrogen-bond donors (Lipinski definition) is 1. The summed E-state index contributed by atoms with van der Waals surface area (Å²) in [6, 6.07) is 3.88. The Labute approximate surface area is 113 Å². The molecule has 0 aliphatic carbocycles.